The number of nitrogens with one attached hydrogen (secondary N) is 1. The van der Waals surface area contributed by atoms with Gasteiger partial charge >= 0.3 is 0 Å². The summed E-state index contributed by atoms with van der Waals surface area (Å²) in [5.74, 6) is 1.16. The zero-order valence-electron chi connectivity index (χ0n) is 14.0. The lowest BCUT2D eigenvalue weighted by Gasteiger charge is -2.11. The fourth-order valence-corrected chi connectivity index (χ4v) is 2.84. The number of ether oxygens (including phenoxy) is 2. The van der Waals surface area contributed by atoms with Crippen LogP contribution in [0.15, 0.2) is 48.7 Å². The topological polar surface area (TPSA) is 52.5 Å². The summed E-state index contributed by atoms with van der Waals surface area (Å²) >= 11 is 0. The molecule has 0 bridgehead atoms. The maximum absolute atomic E-state index is 12.5. The SMILES string of the molecule is COc1ccc(NC(=O)Cc2cn(C)c3ccccc23)c(OC)c1. The number of anilines is 1. The van der Waals surface area contributed by atoms with Crippen molar-refractivity contribution in [2.24, 2.45) is 7.05 Å². The van der Waals surface area contributed by atoms with Crippen molar-refractivity contribution in [1.29, 1.82) is 0 Å². The zero-order valence-corrected chi connectivity index (χ0v) is 14.0. The normalized spacial score (nSPS) is 10.6. The maximum atomic E-state index is 12.5. The molecule has 1 amide bonds. The average molecular weight is 324 g/mol. The molecule has 0 atom stereocenters. The molecule has 1 N–H and O–H groups in total. The van der Waals surface area contributed by atoms with E-state index < -0.39 is 0 Å². The number of fused-ring (bicyclic) bond motifs is 1. The number of para-hydroxylation sites is 1. The van der Waals surface area contributed by atoms with E-state index in [-0.39, 0.29) is 5.91 Å². The van der Waals surface area contributed by atoms with Gasteiger partial charge in [0.1, 0.15) is 11.5 Å². The predicted octanol–water partition coefficient (Wildman–Crippen LogP) is 3.38. The van der Waals surface area contributed by atoms with Crippen molar-refractivity contribution in [1.82, 2.24) is 4.57 Å². The number of hydrogen-bond acceptors (Lipinski definition) is 3. The van der Waals surface area contributed by atoms with Crippen molar-refractivity contribution in [3.63, 3.8) is 0 Å². The molecule has 0 aliphatic heterocycles. The van der Waals surface area contributed by atoms with Crippen LogP contribution in [0.4, 0.5) is 5.69 Å². The highest BCUT2D eigenvalue weighted by Gasteiger charge is 2.13. The predicted molar refractivity (Wildman–Crippen MR) is 94.8 cm³/mol. The summed E-state index contributed by atoms with van der Waals surface area (Å²) in [5.41, 5.74) is 2.74. The van der Waals surface area contributed by atoms with Gasteiger partial charge in [-0.1, -0.05) is 18.2 Å². The molecule has 0 saturated carbocycles. The summed E-state index contributed by atoms with van der Waals surface area (Å²) < 4.78 is 12.5. The summed E-state index contributed by atoms with van der Waals surface area (Å²) in [5, 5.41) is 4.00. The van der Waals surface area contributed by atoms with Gasteiger partial charge in [0.05, 0.1) is 26.3 Å². The zero-order chi connectivity index (χ0) is 17.1. The van der Waals surface area contributed by atoms with E-state index in [2.05, 4.69) is 5.32 Å². The van der Waals surface area contributed by atoms with Crippen LogP contribution < -0.4 is 14.8 Å². The van der Waals surface area contributed by atoms with E-state index in [4.69, 9.17) is 9.47 Å². The van der Waals surface area contributed by atoms with Crippen LogP contribution in [-0.2, 0) is 18.3 Å². The number of amides is 1. The number of methoxy groups -OCH3 is 2. The first kappa shape index (κ1) is 15.9. The standard InChI is InChI=1S/C19H20N2O3/c1-21-12-13(15-6-4-5-7-17(15)21)10-19(22)20-16-9-8-14(23-2)11-18(16)24-3/h4-9,11-12H,10H2,1-3H3,(H,20,22). The van der Waals surface area contributed by atoms with Gasteiger partial charge in [-0.2, -0.15) is 0 Å². The Hall–Kier alpha value is -2.95. The van der Waals surface area contributed by atoms with Gasteiger partial charge in [-0.3, -0.25) is 4.79 Å². The van der Waals surface area contributed by atoms with Gasteiger partial charge in [0.25, 0.3) is 0 Å². The van der Waals surface area contributed by atoms with Crippen molar-refractivity contribution in [3.05, 3.63) is 54.2 Å². The molecule has 124 valence electrons. The van der Waals surface area contributed by atoms with E-state index in [9.17, 15) is 4.79 Å². The van der Waals surface area contributed by atoms with Crippen LogP contribution >= 0.6 is 0 Å². The lowest BCUT2D eigenvalue weighted by Crippen LogP contribution is -2.15. The van der Waals surface area contributed by atoms with Gasteiger partial charge < -0.3 is 19.4 Å². The van der Waals surface area contributed by atoms with Crippen LogP contribution in [0.25, 0.3) is 10.9 Å². The maximum Gasteiger partial charge on any atom is 0.228 e. The summed E-state index contributed by atoms with van der Waals surface area (Å²) in [6.07, 6.45) is 2.30. The molecule has 0 saturated heterocycles. The van der Waals surface area contributed by atoms with Crippen molar-refractivity contribution in [2.75, 3.05) is 19.5 Å². The Kier molecular flexibility index (Phi) is 4.42. The second-order valence-corrected chi connectivity index (χ2v) is 5.57. The fourth-order valence-electron chi connectivity index (χ4n) is 2.84. The van der Waals surface area contributed by atoms with Crippen LogP contribution in [0.1, 0.15) is 5.56 Å². The van der Waals surface area contributed by atoms with Crippen molar-refractivity contribution >= 4 is 22.5 Å². The van der Waals surface area contributed by atoms with Crippen LogP contribution in [0.5, 0.6) is 11.5 Å². The minimum Gasteiger partial charge on any atom is -0.497 e. The third-order valence-electron chi connectivity index (χ3n) is 4.01. The molecule has 1 aromatic heterocycles. The number of nitrogens with zero attached hydrogens (tertiary/aromatic N) is 1. The molecule has 3 rings (SSSR count). The Morgan fingerprint density at radius 2 is 1.92 bits per heavy atom. The van der Waals surface area contributed by atoms with Crippen molar-refractivity contribution in [2.45, 2.75) is 6.42 Å². The van der Waals surface area contributed by atoms with Crippen LogP contribution in [-0.4, -0.2) is 24.7 Å². The Morgan fingerprint density at radius 3 is 2.67 bits per heavy atom. The van der Waals surface area contributed by atoms with Crippen molar-refractivity contribution < 1.29 is 14.3 Å². The summed E-state index contributed by atoms with van der Waals surface area (Å²) in [7, 11) is 5.14. The quantitative estimate of drug-likeness (QED) is 0.783. The number of carbonyl (C=O) groups excluding carboxylic acids is 1. The van der Waals surface area contributed by atoms with Crippen LogP contribution in [0.3, 0.4) is 0 Å². The largest absolute Gasteiger partial charge is 0.497 e. The van der Waals surface area contributed by atoms with Gasteiger partial charge in [0, 0.05) is 30.2 Å². The molecule has 0 radical (unpaired) electrons. The average Bonchev–Trinajstić information content (AvgIpc) is 2.91. The fraction of sp³-hybridized carbons (Fsp3) is 0.211. The van der Waals surface area contributed by atoms with Crippen molar-refractivity contribution in [3.8, 4) is 11.5 Å². The monoisotopic (exact) mass is 324 g/mol. The Bertz CT molecular complexity index is 883. The minimum atomic E-state index is -0.0881. The first-order valence-corrected chi connectivity index (χ1v) is 7.67. The molecule has 0 aliphatic carbocycles. The lowest BCUT2D eigenvalue weighted by atomic mass is 10.1. The van der Waals surface area contributed by atoms with Crippen LogP contribution in [0, 0.1) is 0 Å². The molecule has 3 aromatic rings. The number of carbonyl (C=O) groups is 1. The third-order valence-corrected chi connectivity index (χ3v) is 4.01. The van der Waals surface area contributed by atoms with Gasteiger partial charge in [0.15, 0.2) is 0 Å². The highest BCUT2D eigenvalue weighted by atomic mass is 16.5. The molecular formula is C19H20N2O3. The van der Waals surface area contributed by atoms with E-state index in [1.165, 1.54) is 0 Å². The number of rotatable bonds is 5. The summed E-state index contributed by atoms with van der Waals surface area (Å²) in [6.45, 7) is 0. The van der Waals surface area contributed by atoms with Gasteiger partial charge in [-0.05, 0) is 23.8 Å². The Labute approximate surface area is 140 Å². The highest BCUT2D eigenvalue weighted by Crippen LogP contribution is 2.29. The number of hydrogen-bond donors (Lipinski definition) is 1. The molecule has 0 aliphatic rings. The smallest absolute Gasteiger partial charge is 0.228 e. The molecule has 2 aromatic carbocycles. The molecule has 0 fully saturated rings. The van der Waals surface area contributed by atoms with Gasteiger partial charge in [0.2, 0.25) is 5.91 Å². The highest BCUT2D eigenvalue weighted by molar-refractivity contribution is 5.97. The Morgan fingerprint density at radius 1 is 1.12 bits per heavy atom. The van der Waals surface area contributed by atoms with E-state index in [1.54, 1.807) is 32.4 Å². The van der Waals surface area contributed by atoms with E-state index >= 15 is 0 Å². The number of aromatic nitrogens is 1. The van der Waals surface area contributed by atoms with Crippen LogP contribution in [0.2, 0.25) is 0 Å². The molecular weight excluding hydrogens is 304 g/mol. The molecule has 1 heterocycles. The van der Waals surface area contributed by atoms with Gasteiger partial charge in [-0.25, -0.2) is 0 Å². The molecule has 24 heavy (non-hydrogen) atoms. The van der Waals surface area contributed by atoms with E-state index in [1.807, 2.05) is 42.1 Å². The first-order chi connectivity index (χ1) is 11.6. The molecule has 0 unspecified atom stereocenters. The number of benzene rings is 2. The molecule has 0 spiro atoms. The molecule has 5 nitrogen and oxygen atoms in total. The molecule has 5 heteroatoms. The number of aryl methyl sites for hydroxylation is 1. The second kappa shape index (κ2) is 6.66. The second-order valence-electron chi connectivity index (χ2n) is 5.57. The first-order valence-electron chi connectivity index (χ1n) is 7.67. The lowest BCUT2D eigenvalue weighted by molar-refractivity contribution is -0.115. The Balaban J connectivity index is 1.80. The summed E-state index contributed by atoms with van der Waals surface area (Å²) in [6, 6.07) is 13.4. The summed E-state index contributed by atoms with van der Waals surface area (Å²) in [4.78, 5) is 12.5. The van der Waals surface area contributed by atoms with E-state index in [0.717, 1.165) is 16.5 Å². The minimum absolute atomic E-state index is 0.0881. The van der Waals surface area contributed by atoms with E-state index in [0.29, 0.717) is 23.6 Å². The van der Waals surface area contributed by atoms with Gasteiger partial charge in [-0.15, -0.1) is 0 Å². The third kappa shape index (κ3) is 3.06.